The van der Waals surface area contributed by atoms with E-state index in [1.54, 1.807) is 48.0 Å². The molecule has 126 valence electrons. The van der Waals surface area contributed by atoms with Gasteiger partial charge in [0.2, 0.25) is 5.91 Å². The van der Waals surface area contributed by atoms with Crippen molar-refractivity contribution >= 4 is 40.9 Å². The Bertz CT molecular complexity index is 952. The quantitative estimate of drug-likeness (QED) is 0.703. The molecule has 2 aromatic carbocycles. The Labute approximate surface area is 154 Å². The monoisotopic (exact) mass is 373 g/mol. The molecule has 0 aliphatic rings. The molecule has 3 aromatic rings. The van der Waals surface area contributed by atoms with Crippen molar-refractivity contribution in [3.8, 4) is 5.69 Å². The number of rotatable bonds is 4. The van der Waals surface area contributed by atoms with E-state index >= 15 is 0 Å². The maximum absolute atomic E-state index is 12.1. The van der Waals surface area contributed by atoms with E-state index in [0.717, 1.165) is 11.3 Å². The van der Waals surface area contributed by atoms with Crippen LogP contribution in [-0.2, 0) is 4.79 Å². The van der Waals surface area contributed by atoms with Crippen molar-refractivity contribution in [2.75, 3.05) is 5.32 Å². The van der Waals surface area contributed by atoms with Gasteiger partial charge in [-0.15, -0.1) is 5.10 Å². The second-order valence-corrected chi connectivity index (χ2v) is 6.00. The molecule has 0 fully saturated rings. The van der Waals surface area contributed by atoms with Gasteiger partial charge in [-0.2, -0.15) is 4.68 Å². The molecule has 0 spiro atoms. The van der Waals surface area contributed by atoms with Gasteiger partial charge in [0, 0.05) is 11.8 Å². The Hall–Kier alpha value is -2.70. The number of aromatic nitrogens is 4. The Morgan fingerprint density at radius 3 is 2.72 bits per heavy atom. The molecule has 6 nitrogen and oxygen atoms in total. The van der Waals surface area contributed by atoms with E-state index in [1.807, 2.05) is 12.1 Å². The fourth-order valence-electron chi connectivity index (χ4n) is 2.16. The van der Waals surface area contributed by atoms with Crippen LogP contribution >= 0.6 is 23.2 Å². The van der Waals surface area contributed by atoms with Crippen LogP contribution in [0.5, 0.6) is 0 Å². The molecule has 0 atom stereocenters. The van der Waals surface area contributed by atoms with Crippen LogP contribution in [0.4, 0.5) is 5.69 Å². The van der Waals surface area contributed by atoms with E-state index < -0.39 is 0 Å². The number of hydrogen-bond donors (Lipinski definition) is 1. The first-order valence-corrected chi connectivity index (χ1v) is 8.08. The van der Waals surface area contributed by atoms with Crippen molar-refractivity contribution in [3.63, 3.8) is 0 Å². The van der Waals surface area contributed by atoms with Crippen LogP contribution in [0.2, 0.25) is 10.0 Å². The van der Waals surface area contributed by atoms with Gasteiger partial charge in [0.25, 0.3) is 0 Å². The lowest BCUT2D eigenvalue weighted by molar-refractivity contribution is -0.111. The highest BCUT2D eigenvalue weighted by atomic mass is 35.5. The number of carbonyl (C=O) groups is 1. The van der Waals surface area contributed by atoms with E-state index in [0.29, 0.717) is 21.6 Å². The van der Waals surface area contributed by atoms with Crippen LogP contribution in [0, 0.1) is 6.92 Å². The molecule has 1 heterocycles. The smallest absolute Gasteiger partial charge is 0.248 e. The molecule has 0 aliphatic heterocycles. The van der Waals surface area contributed by atoms with E-state index in [1.165, 1.54) is 6.08 Å². The van der Waals surface area contributed by atoms with Crippen molar-refractivity contribution in [1.82, 2.24) is 20.2 Å². The third-order valence-electron chi connectivity index (χ3n) is 3.35. The number of halogens is 2. The molecule has 0 aliphatic carbocycles. The molecule has 0 saturated heterocycles. The van der Waals surface area contributed by atoms with Gasteiger partial charge in [0.1, 0.15) is 0 Å². The van der Waals surface area contributed by atoms with Gasteiger partial charge in [-0.3, -0.25) is 4.79 Å². The molecular weight excluding hydrogens is 361 g/mol. The average Bonchev–Trinajstić information content (AvgIpc) is 3.02. The topological polar surface area (TPSA) is 72.7 Å². The number of amides is 1. The summed E-state index contributed by atoms with van der Waals surface area (Å²) in [6.07, 6.45) is 3.08. The number of nitrogens with one attached hydrogen (secondary N) is 1. The van der Waals surface area contributed by atoms with Gasteiger partial charge in [0.15, 0.2) is 5.82 Å². The maximum atomic E-state index is 12.1. The molecule has 0 saturated carbocycles. The summed E-state index contributed by atoms with van der Waals surface area (Å²) in [5.41, 5.74) is 2.17. The van der Waals surface area contributed by atoms with Gasteiger partial charge in [-0.1, -0.05) is 35.3 Å². The Balaban J connectivity index is 1.72. The molecule has 0 bridgehead atoms. The largest absolute Gasteiger partial charge is 0.322 e. The first-order chi connectivity index (χ1) is 12.0. The fourth-order valence-corrected chi connectivity index (χ4v) is 2.46. The number of nitrogens with zero attached hydrogens (tertiary/aromatic N) is 4. The van der Waals surface area contributed by atoms with Crippen molar-refractivity contribution < 1.29 is 4.79 Å². The number of tetrazole rings is 1. The first kappa shape index (κ1) is 17.1. The second kappa shape index (κ2) is 7.46. The van der Waals surface area contributed by atoms with Gasteiger partial charge in [-0.05, 0) is 59.3 Å². The number of anilines is 1. The Kier molecular flexibility index (Phi) is 5.11. The van der Waals surface area contributed by atoms with Crippen LogP contribution in [0.15, 0.2) is 48.5 Å². The number of benzene rings is 2. The predicted octanol–water partition coefficient (Wildman–Crippen LogP) is 3.93. The molecule has 0 unspecified atom stereocenters. The van der Waals surface area contributed by atoms with E-state index in [4.69, 9.17) is 23.2 Å². The van der Waals surface area contributed by atoms with Crippen LogP contribution in [-0.4, -0.2) is 26.1 Å². The van der Waals surface area contributed by atoms with Gasteiger partial charge < -0.3 is 5.32 Å². The second-order valence-electron chi connectivity index (χ2n) is 5.18. The molecule has 1 N–H and O–H groups in total. The zero-order valence-electron chi connectivity index (χ0n) is 13.1. The Morgan fingerprint density at radius 1 is 1.16 bits per heavy atom. The van der Waals surface area contributed by atoms with E-state index in [-0.39, 0.29) is 5.91 Å². The van der Waals surface area contributed by atoms with Crippen molar-refractivity contribution in [1.29, 1.82) is 0 Å². The minimum absolute atomic E-state index is 0.267. The third kappa shape index (κ3) is 4.23. The lowest BCUT2D eigenvalue weighted by Gasteiger charge is -2.06. The summed E-state index contributed by atoms with van der Waals surface area (Å²) in [5, 5.41) is 15.1. The zero-order valence-corrected chi connectivity index (χ0v) is 14.7. The normalized spacial score (nSPS) is 11.0. The van der Waals surface area contributed by atoms with Gasteiger partial charge >= 0.3 is 0 Å². The molecule has 0 radical (unpaired) electrons. The van der Waals surface area contributed by atoms with E-state index in [9.17, 15) is 4.79 Å². The van der Waals surface area contributed by atoms with Crippen LogP contribution in [0.25, 0.3) is 11.8 Å². The summed E-state index contributed by atoms with van der Waals surface area (Å²) in [4.78, 5) is 12.1. The third-order valence-corrected chi connectivity index (χ3v) is 4.09. The van der Waals surface area contributed by atoms with Crippen molar-refractivity contribution in [2.24, 2.45) is 0 Å². The summed E-state index contributed by atoms with van der Waals surface area (Å²) < 4.78 is 1.58. The van der Waals surface area contributed by atoms with Crippen LogP contribution in [0.1, 0.15) is 11.4 Å². The molecule has 1 aromatic heterocycles. The summed E-state index contributed by atoms with van der Waals surface area (Å²) in [6, 6.07) is 12.4. The van der Waals surface area contributed by atoms with Crippen LogP contribution in [0.3, 0.4) is 0 Å². The lowest BCUT2D eigenvalue weighted by Crippen LogP contribution is -2.08. The average molecular weight is 374 g/mol. The molecule has 3 rings (SSSR count). The minimum atomic E-state index is -0.267. The number of carbonyl (C=O) groups excluding carboxylic acids is 1. The van der Waals surface area contributed by atoms with Crippen molar-refractivity contribution in [3.05, 3.63) is 70.0 Å². The van der Waals surface area contributed by atoms with Crippen molar-refractivity contribution in [2.45, 2.75) is 6.92 Å². The number of aryl methyl sites for hydroxylation is 1. The molecule has 8 heteroatoms. The highest BCUT2D eigenvalue weighted by Gasteiger charge is 2.05. The standard InChI is InChI=1S/C17H13Cl2N5O/c1-11-21-22-23-24(11)14-4-2-3-13(10-14)20-17(25)8-6-12-5-7-15(18)16(19)9-12/h2-10H,1H3,(H,20,25)/b8-6+. The van der Waals surface area contributed by atoms with E-state index in [2.05, 4.69) is 20.8 Å². The highest BCUT2D eigenvalue weighted by molar-refractivity contribution is 6.42. The summed E-state index contributed by atoms with van der Waals surface area (Å²) >= 11 is 11.8. The first-order valence-electron chi connectivity index (χ1n) is 7.32. The summed E-state index contributed by atoms with van der Waals surface area (Å²) in [6.45, 7) is 1.80. The Morgan fingerprint density at radius 2 is 2.00 bits per heavy atom. The predicted molar refractivity (Wildman–Crippen MR) is 98.0 cm³/mol. The van der Waals surface area contributed by atoms with Gasteiger partial charge in [0.05, 0.1) is 15.7 Å². The molecular formula is C17H13Cl2N5O. The summed E-state index contributed by atoms with van der Waals surface area (Å²) in [5.74, 6) is 0.389. The number of hydrogen-bond acceptors (Lipinski definition) is 4. The van der Waals surface area contributed by atoms with Crippen LogP contribution < -0.4 is 5.32 Å². The molecule has 1 amide bonds. The summed E-state index contributed by atoms with van der Waals surface area (Å²) in [7, 11) is 0. The molecule has 25 heavy (non-hydrogen) atoms. The SMILES string of the molecule is Cc1nnnn1-c1cccc(NC(=O)/C=C/c2ccc(Cl)c(Cl)c2)c1. The van der Waals surface area contributed by atoms with Gasteiger partial charge in [-0.25, -0.2) is 0 Å². The maximum Gasteiger partial charge on any atom is 0.248 e. The zero-order chi connectivity index (χ0) is 17.8. The highest BCUT2D eigenvalue weighted by Crippen LogP contribution is 2.23. The minimum Gasteiger partial charge on any atom is -0.322 e. The fraction of sp³-hybridized carbons (Fsp3) is 0.0588. The lowest BCUT2D eigenvalue weighted by atomic mass is 10.2.